The van der Waals surface area contributed by atoms with E-state index in [-0.39, 0.29) is 13.2 Å². The number of hydrogen-bond acceptors (Lipinski definition) is 7. The molecule has 0 amide bonds. The van der Waals surface area contributed by atoms with Gasteiger partial charge in [-0.15, -0.1) is 10.2 Å². The molecule has 7 heteroatoms. The molecule has 1 aromatic carbocycles. The van der Waals surface area contributed by atoms with Crippen LogP contribution >= 0.6 is 0 Å². The highest BCUT2D eigenvalue weighted by Crippen LogP contribution is 2.30. The maximum absolute atomic E-state index is 9.38. The number of nitrogens with zero attached hydrogens (tertiary/aromatic N) is 2. The standard InChI is InChI=1S/C13H17N3O4/c1-8-15-16-13(20-8)9-3-4-12(19-2)11(5-9)14-6-10(18)7-17/h3-5,10,14,17-18H,6-7H2,1-2H3. The summed E-state index contributed by atoms with van der Waals surface area (Å²) in [5.41, 5.74) is 1.42. The lowest BCUT2D eigenvalue weighted by molar-refractivity contribution is 0.105. The number of aryl methyl sites for hydroxylation is 1. The lowest BCUT2D eigenvalue weighted by Gasteiger charge is -2.14. The predicted molar refractivity (Wildman–Crippen MR) is 72.6 cm³/mol. The monoisotopic (exact) mass is 279 g/mol. The number of rotatable bonds is 6. The second-order valence-electron chi connectivity index (χ2n) is 4.26. The summed E-state index contributed by atoms with van der Waals surface area (Å²) in [5.74, 6) is 1.52. The molecule has 0 spiro atoms. The van der Waals surface area contributed by atoms with E-state index in [1.807, 2.05) is 0 Å². The van der Waals surface area contributed by atoms with Crippen molar-refractivity contribution in [2.75, 3.05) is 25.6 Å². The topological polar surface area (TPSA) is 101 Å². The van der Waals surface area contributed by atoms with E-state index >= 15 is 0 Å². The van der Waals surface area contributed by atoms with Gasteiger partial charge in [-0.25, -0.2) is 0 Å². The molecule has 0 aliphatic carbocycles. The van der Waals surface area contributed by atoms with Crippen molar-refractivity contribution >= 4 is 5.69 Å². The first-order chi connectivity index (χ1) is 9.63. The van der Waals surface area contributed by atoms with Crippen molar-refractivity contribution in [2.24, 2.45) is 0 Å². The highest BCUT2D eigenvalue weighted by Gasteiger charge is 2.11. The van der Waals surface area contributed by atoms with E-state index < -0.39 is 6.10 Å². The molecule has 0 fully saturated rings. The Morgan fingerprint density at radius 1 is 1.40 bits per heavy atom. The second kappa shape index (κ2) is 6.36. The molecule has 0 bridgehead atoms. The first-order valence-corrected chi connectivity index (χ1v) is 6.15. The third-order valence-corrected chi connectivity index (χ3v) is 2.71. The number of benzene rings is 1. The Morgan fingerprint density at radius 2 is 2.20 bits per heavy atom. The smallest absolute Gasteiger partial charge is 0.247 e. The zero-order chi connectivity index (χ0) is 14.5. The highest BCUT2D eigenvalue weighted by molar-refractivity contribution is 5.67. The van der Waals surface area contributed by atoms with Crippen molar-refractivity contribution in [2.45, 2.75) is 13.0 Å². The third kappa shape index (κ3) is 3.25. The summed E-state index contributed by atoms with van der Waals surface area (Å²) in [4.78, 5) is 0. The van der Waals surface area contributed by atoms with Crippen LogP contribution in [0.4, 0.5) is 5.69 Å². The summed E-state index contributed by atoms with van der Waals surface area (Å²) in [7, 11) is 1.56. The van der Waals surface area contributed by atoms with Crippen LogP contribution in [0.25, 0.3) is 11.5 Å². The molecule has 1 unspecified atom stereocenters. The minimum absolute atomic E-state index is 0.208. The fourth-order valence-corrected chi connectivity index (χ4v) is 1.68. The SMILES string of the molecule is COc1ccc(-c2nnc(C)o2)cc1NCC(O)CO. The van der Waals surface area contributed by atoms with Crippen molar-refractivity contribution in [3.05, 3.63) is 24.1 Å². The van der Waals surface area contributed by atoms with E-state index in [1.165, 1.54) is 0 Å². The minimum Gasteiger partial charge on any atom is -0.495 e. The van der Waals surface area contributed by atoms with Crippen LogP contribution in [-0.2, 0) is 0 Å². The van der Waals surface area contributed by atoms with Gasteiger partial charge in [-0.3, -0.25) is 0 Å². The van der Waals surface area contributed by atoms with Gasteiger partial charge in [0.15, 0.2) is 0 Å². The average molecular weight is 279 g/mol. The number of nitrogens with one attached hydrogen (secondary N) is 1. The molecule has 0 aliphatic rings. The van der Waals surface area contributed by atoms with Crippen LogP contribution in [0.5, 0.6) is 5.75 Å². The number of aromatic nitrogens is 2. The number of ether oxygens (including phenoxy) is 1. The van der Waals surface area contributed by atoms with E-state index in [4.69, 9.17) is 14.3 Å². The summed E-state index contributed by atoms with van der Waals surface area (Å²) in [5, 5.41) is 28.9. The van der Waals surface area contributed by atoms with Crippen LogP contribution in [-0.4, -0.2) is 46.8 Å². The molecule has 1 aromatic heterocycles. The lowest BCUT2D eigenvalue weighted by Crippen LogP contribution is -2.23. The van der Waals surface area contributed by atoms with Gasteiger partial charge in [0.25, 0.3) is 0 Å². The number of anilines is 1. The quantitative estimate of drug-likeness (QED) is 0.719. The lowest BCUT2D eigenvalue weighted by atomic mass is 10.1. The van der Waals surface area contributed by atoms with E-state index in [2.05, 4.69) is 15.5 Å². The van der Waals surface area contributed by atoms with Crippen molar-refractivity contribution in [3.8, 4) is 17.2 Å². The van der Waals surface area contributed by atoms with Gasteiger partial charge in [-0.2, -0.15) is 0 Å². The normalized spacial score (nSPS) is 12.2. The fourth-order valence-electron chi connectivity index (χ4n) is 1.68. The Hall–Kier alpha value is -2.12. The van der Waals surface area contributed by atoms with E-state index in [0.29, 0.717) is 23.2 Å². The van der Waals surface area contributed by atoms with Crippen LogP contribution in [0.1, 0.15) is 5.89 Å². The van der Waals surface area contributed by atoms with E-state index in [1.54, 1.807) is 32.2 Å². The number of aliphatic hydroxyl groups is 2. The van der Waals surface area contributed by atoms with Crippen molar-refractivity contribution < 1.29 is 19.4 Å². The molecule has 20 heavy (non-hydrogen) atoms. The molecule has 2 aromatic rings. The van der Waals surface area contributed by atoms with Gasteiger partial charge in [-0.1, -0.05) is 0 Å². The van der Waals surface area contributed by atoms with Gasteiger partial charge in [0, 0.05) is 19.0 Å². The van der Waals surface area contributed by atoms with Gasteiger partial charge in [-0.05, 0) is 18.2 Å². The molecule has 0 radical (unpaired) electrons. The Balaban J connectivity index is 2.24. The molecule has 0 aliphatic heterocycles. The molecule has 7 nitrogen and oxygen atoms in total. The summed E-state index contributed by atoms with van der Waals surface area (Å²) < 4.78 is 10.6. The zero-order valence-corrected chi connectivity index (χ0v) is 11.3. The summed E-state index contributed by atoms with van der Waals surface area (Å²) in [6.45, 7) is 1.62. The van der Waals surface area contributed by atoms with Crippen LogP contribution in [0.2, 0.25) is 0 Å². The predicted octanol–water partition coefficient (Wildman–Crippen LogP) is 0.819. The van der Waals surface area contributed by atoms with Gasteiger partial charge in [0.2, 0.25) is 11.8 Å². The average Bonchev–Trinajstić information content (AvgIpc) is 2.91. The molecule has 1 atom stereocenters. The van der Waals surface area contributed by atoms with Crippen molar-refractivity contribution in [1.82, 2.24) is 10.2 Å². The van der Waals surface area contributed by atoms with Crippen LogP contribution in [0.15, 0.2) is 22.6 Å². The minimum atomic E-state index is -0.839. The largest absolute Gasteiger partial charge is 0.495 e. The van der Waals surface area contributed by atoms with E-state index in [0.717, 1.165) is 5.56 Å². The maximum atomic E-state index is 9.38. The van der Waals surface area contributed by atoms with Gasteiger partial charge < -0.3 is 24.7 Å². The first kappa shape index (κ1) is 14.3. The van der Waals surface area contributed by atoms with Crippen LogP contribution in [0, 0.1) is 6.92 Å². The molecule has 3 N–H and O–H groups in total. The van der Waals surface area contributed by atoms with Gasteiger partial charge in [0.1, 0.15) is 5.75 Å². The molecule has 2 rings (SSSR count). The molecular weight excluding hydrogens is 262 g/mol. The molecular formula is C13H17N3O4. The third-order valence-electron chi connectivity index (χ3n) is 2.71. The second-order valence-corrected chi connectivity index (χ2v) is 4.26. The summed E-state index contributed by atoms with van der Waals surface area (Å²) >= 11 is 0. The van der Waals surface area contributed by atoms with Crippen LogP contribution in [0.3, 0.4) is 0 Å². The van der Waals surface area contributed by atoms with Crippen LogP contribution < -0.4 is 10.1 Å². The zero-order valence-electron chi connectivity index (χ0n) is 11.3. The first-order valence-electron chi connectivity index (χ1n) is 6.15. The highest BCUT2D eigenvalue weighted by atomic mass is 16.5. The maximum Gasteiger partial charge on any atom is 0.247 e. The van der Waals surface area contributed by atoms with Crippen molar-refractivity contribution in [1.29, 1.82) is 0 Å². The Labute approximate surface area is 116 Å². The van der Waals surface area contributed by atoms with Gasteiger partial charge in [0.05, 0.1) is 25.5 Å². The fraction of sp³-hybridized carbons (Fsp3) is 0.385. The summed E-state index contributed by atoms with van der Waals surface area (Å²) in [6.07, 6.45) is -0.839. The molecule has 108 valence electrons. The number of hydrogen-bond donors (Lipinski definition) is 3. The van der Waals surface area contributed by atoms with Crippen molar-refractivity contribution in [3.63, 3.8) is 0 Å². The van der Waals surface area contributed by atoms with Gasteiger partial charge >= 0.3 is 0 Å². The Bertz CT molecular complexity index is 570. The molecule has 0 saturated heterocycles. The molecule has 0 saturated carbocycles. The Kier molecular flexibility index (Phi) is 4.54. The Morgan fingerprint density at radius 3 is 2.80 bits per heavy atom. The number of methoxy groups -OCH3 is 1. The molecule has 1 heterocycles. The number of aliphatic hydroxyl groups excluding tert-OH is 2. The summed E-state index contributed by atoms with van der Waals surface area (Å²) in [6, 6.07) is 5.36. The van der Waals surface area contributed by atoms with E-state index in [9.17, 15) is 5.11 Å².